The predicted octanol–water partition coefficient (Wildman–Crippen LogP) is 3.38. The number of rotatable bonds is 3. The highest BCUT2D eigenvalue weighted by Crippen LogP contribution is 2.36. The number of fused-ring (bicyclic) bond motifs is 1. The average molecular weight is 315 g/mol. The van der Waals surface area contributed by atoms with Crippen molar-refractivity contribution < 1.29 is 14.3 Å². The molecule has 1 aromatic carbocycles. The highest BCUT2D eigenvalue weighted by molar-refractivity contribution is 7.10. The molecule has 3 heterocycles. The van der Waals surface area contributed by atoms with Gasteiger partial charge in [0.25, 0.3) is 0 Å². The lowest BCUT2D eigenvalue weighted by molar-refractivity contribution is -0.131. The van der Waals surface area contributed by atoms with E-state index in [9.17, 15) is 4.79 Å². The molecule has 0 saturated carbocycles. The molecular formula is C17H17NO3S. The lowest BCUT2D eigenvalue weighted by Gasteiger charge is -2.24. The third kappa shape index (κ3) is 2.46. The summed E-state index contributed by atoms with van der Waals surface area (Å²) < 4.78 is 10.7. The fourth-order valence-electron chi connectivity index (χ4n) is 3.17. The highest BCUT2D eigenvalue weighted by atomic mass is 32.1. The Morgan fingerprint density at radius 2 is 2.18 bits per heavy atom. The van der Waals surface area contributed by atoms with Gasteiger partial charge in [-0.2, -0.15) is 0 Å². The van der Waals surface area contributed by atoms with Gasteiger partial charge in [0.2, 0.25) is 12.7 Å². The number of benzene rings is 1. The molecular weight excluding hydrogens is 298 g/mol. The number of carbonyl (C=O) groups excluding carboxylic acids is 1. The first-order valence-corrected chi connectivity index (χ1v) is 8.40. The van der Waals surface area contributed by atoms with Crippen molar-refractivity contribution in [1.82, 2.24) is 4.90 Å². The Balaban J connectivity index is 1.49. The van der Waals surface area contributed by atoms with Crippen LogP contribution in [0, 0.1) is 0 Å². The maximum Gasteiger partial charge on any atom is 0.231 e. The maximum atomic E-state index is 12.7. The average Bonchev–Trinajstić information content (AvgIpc) is 3.26. The molecule has 0 bridgehead atoms. The summed E-state index contributed by atoms with van der Waals surface area (Å²) in [5.41, 5.74) is 0.978. The first-order chi connectivity index (χ1) is 10.8. The fraction of sp³-hybridized carbons (Fsp3) is 0.353. The minimum atomic E-state index is 0.190. The molecule has 0 aliphatic carbocycles. The molecule has 1 atom stereocenters. The van der Waals surface area contributed by atoms with Gasteiger partial charge in [0.05, 0.1) is 12.5 Å². The zero-order valence-corrected chi connectivity index (χ0v) is 13.0. The van der Waals surface area contributed by atoms with Crippen LogP contribution in [0.15, 0.2) is 35.7 Å². The number of hydrogen-bond acceptors (Lipinski definition) is 4. The first-order valence-electron chi connectivity index (χ1n) is 7.52. The van der Waals surface area contributed by atoms with Gasteiger partial charge in [0.15, 0.2) is 11.5 Å². The number of hydrogen-bond donors (Lipinski definition) is 0. The molecule has 1 aromatic heterocycles. The van der Waals surface area contributed by atoms with E-state index in [0.717, 1.165) is 36.4 Å². The second-order valence-electron chi connectivity index (χ2n) is 5.62. The van der Waals surface area contributed by atoms with Gasteiger partial charge in [-0.05, 0) is 42.0 Å². The summed E-state index contributed by atoms with van der Waals surface area (Å²) in [7, 11) is 0. The van der Waals surface area contributed by atoms with E-state index in [4.69, 9.17) is 9.47 Å². The van der Waals surface area contributed by atoms with E-state index in [1.807, 2.05) is 23.1 Å². The van der Waals surface area contributed by atoms with Crippen LogP contribution in [0.4, 0.5) is 0 Å². The zero-order chi connectivity index (χ0) is 14.9. The topological polar surface area (TPSA) is 38.8 Å². The summed E-state index contributed by atoms with van der Waals surface area (Å²) in [5, 5.41) is 2.08. The van der Waals surface area contributed by atoms with Gasteiger partial charge >= 0.3 is 0 Å². The number of amides is 1. The van der Waals surface area contributed by atoms with Crippen molar-refractivity contribution in [3.05, 3.63) is 46.2 Å². The Hall–Kier alpha value is -2.01. The van der Waals surface area contributed by atoms with Gasteiger partial charge in [-0.3, -0.25) is 4.79 Å². The largest absolute Gasteiger partial charge is 0.454 e. The smallest absolute Gasteiger partial charge is 0.231 e. The maximum absolute atomic E-state index is 12.7. The van der Waals surface area contributed by atoms with Gasteiger partial charge in [-0.15, -0.1) is 11.3 Å². The Labute approximate surface area is 133 Å². The molecule has 114 valence electrons. The molecule has 0 unspecified atom stereocenters. The van der Waals surface area contributed by atoms with E-state index >= 15 is 0 Å². The molecule has 2 aliphatic rings. The van der Waals surface area contributed by atoms with Gasteiger partial charge in [0.1, 0.15) is 0 Å². The van der Waals surface area contributed by atoms with Crippen molar-refractivity contribution in [3.63, 3.8) is 0 Å². The molecule has 2 aromatic rings. The molecule has 1 amide bonds. The summed E-state index contributed by atoms with van der Waals surface area (Å²) in [5.74, 6) is 1.69. The van der Waals surface area contributed by atoms with Crippen LogP contribution in [0.25, 0.3) is 0 Å². The zero-order valence-electron chi connectivity index (χ0n) is 12.2. The van der Waals surface area contributed by atoms with Gasteiger partial charge < -0.3 is 14.4 Å². The lowest BCUT2D eigenvalue weighted by atomic mass is 10.1. The first kappa shape index (κ1) is 13.6. The van der Waals surface area contributed by atoms with E-state index in [1.54, 1.807) is 11.3 Å². The molecule has 22 heavy (non-hydrogen) atoms. The van der Waals surface area contributed by atoms with Gasteiger partial charge in [-0.25, -0.2) is 0 Å². The van der Waals surface area contributed by atoms with Crippen LogP contribution >= 0.6 is 11.3 Å². The molecule has 2 aliphatic heterocycles. The predicted molar refractivity (Wildman–Crippen MR) is 84.3 cm³/mol. The third-order valence-corrected chi connectivity index (χ3v) is 5.21. The van der Waals surface area contributed by atoms with Gasteiger partial charge in [0, 0.05) is 11.4 Å². The number of carbonyl (C=O) groups is 1. The van der Waals surface area contributed by atoms with Gasteiger partial charge in [-0.1, -0.05) is 12.1 Å². The van der Waals surface area contributed by atoms with Crippen LogP contribution in [-0.4, -0.2) is 24.1 Å². The molecule has 1 saturated heterocycles. The summed E-state index contributed by atoms with van der Waals surface area (Å²) in [6, 6.07) is 10.2. The highest BCUT2D eigenvalue weighted by Gasteiger charge is 2.30. The minimum Gasteiger partial charge on any atom is -0.454 e. The van der Waals surface area contributed by atoms with E-state index in [-0.39, 0.29) is 18.7 Å². The quantitative estimate of drug-likeness (QED) is 0.871. The normalized spacial score (nSPS) is 19.6. The standard InChI is InChI=1S/C17H17NO3S/c19-17(10-12-5-6-14-15(9-12)21-11-20-14)18-7-1-3-13(18)16-4-2-8-22-16/h2,4-6,8-9,13H,1,3,7,10-11H2/t13-/m0/s1. The fourth-order valence-corrected chi connectivity index (χ4v) is 4.04. The van der Waals surface area contributed by atoms with E-state index in [0.29, 0.717) is 6.42 Å². The van der Waals surface area contributed by atoms with Crippen molar-refractivity contribution in [1.29, 1.82) is 0 Å². The lowest BCUT2D eigenvalue weighted by Crippen LogP contribution is -2.31. The Bertz CT molecular complexity index is 683. The Morgan fingerprint density at radius 1 is 1.27 bits per heavy atom. The number of nitrogens with zero attached hydrogens (tertiary/aromatic N) is 1. The summed E-state index contributed by atoms with van der Waals surface area (Å²) >= 11 is 1.73. The minimum absolute atomic E-state index is 0.190. The molecule has 0 N–H and O–H groups in total. The number of thiophene rings is 1. The Kier molecular flexibility index (Phi) is 3.50. The van der Waals surface area contributed by atoms with Crippen molar-refractivity contribution in [3.8, 4) is 11.5 Å². The van der Waals surface area contributed by atoms with Crippen molar-refractivity contribution in [2.75, 3.05) is 13.3 Å². The molecule has 4 nitrogen and oxygen atoms in total. The van der Waals surface area contributed by atoms with Crippen LogP contribution in [0.5, 0.6) is 11.5 Å². The van der Waals surface area contributed by atoms with Crippen LogP contribution in [0.2, 0.25) is 0 Å². The number of likely N-dealkylation sites (tertiary alicyclic amines) is 1. The van der Waals surface area contributed by atoms with Crippen molar-refractivity contribution in [2.45, 2.75) is 25.3 Å². The third-order valence-electron chi connectivity index (χ3n) is 4.24. The van der Waals surface area contributed by atoms with Crippen LogP contribution in [-0.2, 0) is 11.2 Å². The molecule has 0 spiro atoms. The van der Waals surface area contributed by atoms with E-state index < -0.39 is 0 Å². The number of ether oxygens (including phenoxy) is 2. The Morgan fingerprint density at radius 3 is 3.05 bits per heavy atom. The summed E-state index contributed by atoms with van der Waals surface area (Å²) in [6.45, 7) is 1.12. The van der Waals surface area contributed by atoms with Crippen molar-refractivity contribution >= 4 is 17.2 Å². The molecule has 4 rings (SSSR count). The summed E-state index contributed by atoms with van der Waals surface area (Å²) in [6.07, 6.45) is 2.56. The van der Waals surface area contributed by atoms with Crippen LogP contribution in [0.3, 0.4) is 0 Å². The monoisotopic (exact) mass is 315 g/mol. The second-order valence-corrected chi connectivity index (χ2v) is 6.60. The van der Waals surface area contributed by atoms with Crippen LogP contribution in [0.1, 0.15) is 29.3 Å². The SMILES string of the molecule is O=C(Cc1ccc2c(c1)OCO2)N1CCC[C@H]1c1cccs1. The second kappa shape index (κ2) is 5.65. The molecule has 1 fully saturated rings. The van der Waals surface area contributed by atoms with E-state index in [2.05, 4.69) is 17.5 Å². The molecule has 5 heteroatoms. The van der Waals surface area contributed by atoms with E-state index in [1.165, 1.54) is 4.88 Å². The van der Waals surface area contributed by atoms with Crippen molar-refractivity contribution in [2.24, 2.45) is 0 Å². The summed E-state index contributed by atoms with van der Waals surface area (Å²) in [4.78, 5) is 16.0. The van der Waals surface area contributed by atoms with Crippen LogP contribution < -0.4 is 9.47 Å². The molecule has 0 radical (unpaired) electrons.